The van der Waals surface area contributed by atoms with Crippen LogP contribution in [0.2, 0.25) is 0 Å². The van der Waals surface area contributed by atoms with Gasteiger partial charge in [0.2, 0.25) is 0 Å². The van der Waals surface area contributed by atoms with Gasteiger partial charge in [-0.2, -0.15) is 0 Å². The molecule has 2 aromatic carbocycles. The van der Waals surface area contributed by atoms with E-state index in [-0.39, 0.29) is 0 Å². The van der Waals surface area contributed by atoms with Crippen LogP contribution in [0.1, 0.15) is 24.5 Å². The Morgan fingerprint density at radius 1 is 1.14 bits per heavy atom. The standard InChI is InChI=1S/C18H19ClN2/c1-3-9-21-17-8-7-13(2)10-16(17)20-18(21)15-6-4-5-14(11-15)12-19/h4-8,10-11H,3,9,12H2,1-2H3. The Balaban J connectivity index is 2.22. The molecule has 0 atom stereocenters. The highest BCUT2D eigenvalue weighted by molar-refractivity contribution is 6.17. The Morgan fingerprint density at radius 2 is 2.00 bits per heavy atom. The molecule has 3 heteroatoms. The third kappa shape index (κ3) is 2.68. The molecular formula is C18H19ClN2. The van der Waals surface area contributed by atoms with Crippen molar-refractivity contribution in [2.45, 2.75) is 32.7 Å². The first-order valence-corrected chi connectivity index (χ1v) is 7.88. The van der Waals surface area contributed by atoms with E-state index in [1.54, 1.807) is 0 Å². The van der Waals surface area contributed by atoms with Crippen molar-refractivity contribution in [3.63, 3.8) is 0 Å². The van der Waals surface area contributed by atoms with Crippen molar-refractivity contribution in [2.24, 2.45) is 0 Å². The summed E-state index contributed by atoms with van der Waals surface area (Å²) in [6.45, 7) is 5.27. The Hall–Kier alpha value is -1.80. The van der Waals surface area contributed by atoms with Gasteiger partial charge in [0.15, 0.2) is 0 Å². The van der Waals surface area contributed by atoms with Gasteiger partial charge in [-0.05, 0) is 42.7 Å². The van der Waals surface area contributed by atoms with Crippen molar-refractivity contribution >= 4 is 22.6 Å². The molecule has 0 aliphatic heterocycles. The van der Waals surface area contributed by atoms with Gasteiger partial charge in [0.1, 0.15) is 5.82 Å². The lowest BCUT2D eigenvalue weighted by molar-refractivity contribution is 0.704. The van der Waals surface area contributed by atoms with Crippen LogP contribution < -0.4 is 0 Å². The first-order chi connectivity index (χ1) is 10.2. The van der Waals surface area contributed by atoms with E-state index in [0.717, 1.165) is 35.4 Å². The van der Waals surface area contributed by atoms with Gasteiger partial charge in [-0.1, -0.05) is 31.2 Å². The van der Waals surface area contributed by atoms with Gasteiger partial charge in [-0.25, -0.2) is 4.98 Å². The minimum Gasteiger partial charge on any atom is -0.324 e. The van der Waals surface area contributed by atoms with Crippen LogP contribution >= 0.6 is 11.6 Å². The third-order valence-corrected chi connectivity index (χ3v) is 4.00. The monoisotopic (exact) mass is 298 g/mol. The number of imidazole rings is 1. The zero-order valence-corrected chi connectivity index (χ0v) is 13.2. The fraction of sp³-hybridized carbons (Fsp3) is 0.278. The van der Waals surface area contributed by atoms with Gasteiger partial charge in [0, 0.05) is 18.0 Å². The zero-order valence-electron chi connectivity index (χ0n) is 12.4. The first-order valence-electron chi connectivity index (χ1n) is 7.35. The summed E-state index contributed by atoms with van der Waals surface area (Å²) in [5.74, 6) is 1.56. The highest BCUT2D eigenvalue weighted by Gasteiger charge is 2.12. The lowest BCUT2D eigenvalue weighted by Crippen LogP contribution is -2.00. The zero-order chi connectivity index (χ0) is 14.8. The van der Waals surface area contributed by atoms with Crippen LogP contribution in [0.4, 0.5) is 0 Å². The van der Waals surface area contributed by atoms with E-state index in [0.29, 0.717) is 5.88 Å². The SMILES string of the molecule is CCCn1c(-c2cccc(CCl)c2)nc2cc(C)ccc21. The van der Waals surface area contributed by atoms with E-state index in [1.165, 1.54) is 11.1 Å². The number of rotatable bonds is 4. The van der Waals surface area contributed by atoms with Crippen molar-refractivity contribution in [3.8, 4) is 11.4 Å². The van der Waals surface area contributed by atoms with Crippen LogP contribution in [-0.2, 0) is 12.4 Å². The molecule has 0 amide bonds. The molecule has 1 aromatic heterocycles. The van der Waals surface area contributed by atoms with Crippen molar-refractivity contribution in [3.05, 3.63) is 53.6 Å². The number of hydrogen-bond donors (Lipinski definition) is 0. The predicted molar refractivity (Wildman–Crippen MR) is 89.8 cm³/mol. The van der Waals surface area contributed by atoms with Crippen LogP contribution in [0.25, 0.3) is 22.4 Å². The largest absolute Gasteiger partial charge is 0.324 e. The van der Waals surface area contributed by atoms with Crippen LogP contribution in [0.3, 0.4) is 0 Å². The fourth-order valence-corrected chi connectivity index (χ4v) is 2.87. The predicted octanol–water partition coefficient (Wildman–Crippen LogP) is 5.16. The average molecular weight is 299 g/mol. The summed E-state index contributed by atoms with van der Waals surface area (Å²) in [5.41, 5.74) is 5.77. The van der Waals surface area contributed by atoms with Gasteiger partial charge >= 0.3 is 0 Å². The fourth-order valence-electron chi connectivity index (χ4n) is 2.70. The lowest BCUT2D eigenvalue weighted by atomic mass is 10.1. The number of halogens is 1. The summed E-state index contributed by atoms with van der Waals surface area (Å²) >= 11 is 5.96. The van der Waals surface area contributed by atoms with Crippen molar-refractivity contribution in [1.29, 1.82) is 0 Å². The summed E-state index contributed by atoms with van der Waals surface area (Å²) in [6.07, 6.45) is 1.08. The van der Waals surface area contributed by atoms with E-state index in [2.05, 4.69) is 48.7 Å². The summed E-state index contributed by atoms with van der Waals surface area (Å²) < 4.78 is 2.31. The van der Waals surface area contributed by atoms with Gasteiger partial charge in [-0.15, -0.1) is 11.6 Å². The molecule has 0 saturated heterocycles. The quantitative estimate of drug-likeness (QED) is 0.608. The van der Waals surface area contributed by atoms with E-state index >= 15 is 0 Å². The van der Waals surface area contributed by atoms with Crippen LogP contribution in [-0.4, -0.2) is 9.55 Å². The molecule has 0 aliphatic rings. The molecule has 3 rings (SSSR count). The van der Waals surface area contributed by atoms with Gasteiger partial charge < -0.3 is 4.57 Å². The molecule has 0 spiro atoms. The van der Waals surface area contributed by atoms with E-state index in [4.69, 9.17) is 16.6 Å². The molecule has 0 aliphatic carbocycles. The molecule has 1 heterocycles. The van der Waals surface area contributed by atoms with Gasteiger partial charge in [0.25, 0.3) is 0 Å². The number of alkyl halides is 1. The Kier molecular flexibility index (Phi) is 3.98. The highest BCUT2D eigenvalue weighted by Crippen LogP contribution is 2.26. The molecule has 0 bridgehead atoms. The summed E-state index contributed by atoms with van der Waals surface area (Å²) in [5, 5.41) is 0. The normalized spacial score (nSPS) is 11.2. The molecule has 0 fully saturated rings. The van der Waals surface area contributed by atoms with Crippen molar-refractivity contribution in [2.75, 3.05) is 0 Å². The average Bonchev–Trinajstić information content (AvgIpc) is 2.85. The Bertz CT molecular complexity index is 774. The summed E-state index contributed by atoms with van der Waals surface area (Å²) in [6, 6.07) is 14.8. The molecule has 0 saturated carbocycles. The van der Waals surface area contributed by atoms with Crippen molar-refractivity contribution < 1.29 is 0 Å². The summed E-state index contributed by atoms with van der Waals surface area (Å²) in [4.78, 5) is 4.86. The third-order valence-electron chi connectivity index (χ3n) is 3.69. The second-order valence-electron chi connectivity index (χ2n) is 5.41. The molecule has 0 unspecified atom stereocenters. The number of aryl methyl sites for hydroxylation is 2. The van der Waals surface area contributed by atoms with E-state index < -0.39 is 0 Å². The molecule has 108 valence electrons. The maximum atomic E-state index is 5.96. The molecule has 2 nitrogen and oxygen atoms in total. The number of hydrogen-bond acceptors (Lipinski definition) is 1. The summed E-state index contributed by atoms with van der Waals surface area (Å²) in [7, 11) is 0. The van der Waals surface area contributed by atoms with Gasteiger partial charge in [0.05, 0.1) is 11.0 Å². The molecule has 3 aromatic rings. The first kappa shape index (κ1) is 14.2. The molecule has 21 heavy (non-hydrogen) atoms. The minimum absolute atomic E-state index is 0.529. The smallest absolute Gasteiger partial charge is 0.141 e. The number of aromatic nitrogens is 2. The van der Waals surface area contributed by atoms with Crippen LogP contribution in [0, 0.1) is 6.92 Å². The van der Waals surface area contributed by atoms with Crippen LogP contribution in [0.5, 0.6) is 0 Å². The maximum absolute atomic E-state index is 5.96. The number of nitrogens with zero attached hydrogens (tertiary/aromatic N) is 2. The van der Waals surface area contributed by atoms with Crippen molar-refractivity contribution in [1.82, 2.24) is 9.55 Å². The molecular weight excluding hydrogens is 280 g/mol. The highest BCUT2D eigenvalue weighted by atomic mass is 35.5. The minimum atomic E-state index is 0.529. The number of benzene rings is 2. The molecule has 0 radical (unpaired) electrons. The van der Waals surface area contributed by atoms with E-state index in [9.17, 15) is 0 Å². The second kappa shape index (κ2) is 5.90. The maximum Gasteiger partial charge on any atom is 0.141 e. The van der Waals surface area contributed by atoms with Crippen LogP contribution in [0.15, 0.2) is 42.5 Å². The van der Waals surface area contributed by atoms with Gasteiger partial charge in [-0.3, -0.25) is 0 Å². The Labute approximate surface area is 130 Å². The number of fused-ring (bicyclic) bond motifs is 1. The Morgan fingerprint density at radius 3 is 2.76 bits per heavy atom. The topological polar surface area (TPSA) is 17.8 Å². The van der Waals surface area contributed by atoms with E-state index in [1.807, 2.05) is 12.1 Å². The second-order valence-corrected chi connectivity index (χ2v) is 5.68. The lowest BCUT2D eigenvalue weighted by Gasteiger charge is -2.08. The molecule has 0 N–H and O–H groups in total.